The largest absolute Gasteiger partial charge is 0.389 e. The second-order valence-corrected chi connectivity index (χ2v) is 13.6. The van der Waals surface area contributed by atoms with E-state index in [2.05, 4.69) is 5.32 Å². The first-order valence-corrected chi connectivity index (χ1v) is 16.0. The molecule has 1 spiro atoms. The van der Waals surface area contributed by atoms with Gasteiger partial charge in [0.2, 0.25) is 10.0 Å². The average Bonchev–Trinajstić information content (AvgIpc) is 3.24. The number of anilines is 1. The Kier molecular flexibility index (Phi) is 9.89. The maximum atomic E-state index is 13.2. The molecule has 0 unspecified atom stereocenters. The minimum Gasteiger partial charge on any atom is -0.351 e. The number of carbonyl (C=O) groups excluding carboxylic acids is 2. The number of primary amides is 1. The van der Waals surface area contributed by atoms with Crippen LogP contribution in [0.4, 0.5) is 28.0 Å². The number of hydrogen-bond donors (Lipinski definition) is 2. The molecule has 1 aliphatic carbocycles. The Bertz CT molecular complexity index is 1360. The third kappa shape index (κ3) is 7.75. The van der Waals surface area contributed by atoms with Crippen molar-refractivity contribution in [2.45, 2.75) is 76.9 Å². The fourth-order valence-corrected chi connectivity index (χ4v) is 7.51. The van der Waals surface area contributed by atoms with Gasteiger partial charge < -0.3 is 11.1 Å². The first-order valence-electron chi connectivity index (χ1n) is 14.5. The fourth-order valence-electron chi connectivity index (χ4n) is 6.34. The maximum Gasteiger partial charge on any atom is 0.389 e. The Hall–Kier alpha value is -3.00. The first kappa shape index (κ1) is 32.9. The molecule has 238 valence electrons. The molecule has 3 amide bonds. The van der Waals surface area contributed by atoms with Crippen LogP contribution in [0, 0.1) is 25.7 Å². The summed E-state index contributed by atoms with van der Waals surface area (Å²) >= 11 is 0. The Morgan fingerprint density at radius 3 is 2.30 bits per heavy atom. The molecule has 0 radical (unpaired) electrons. The molecule has 1 saturated carbocycles. The van der Waals surface area contributed by atoms with Crippen LogP contribution >= 0.6 is 0 Å². The Morgan fingerprint density at radius 1 is 1.16 bits per heavy atom. The standard InChI is InChI=1S/C29H39F4N5O4S/c1-19-17-23(38(15-12-30)27(34)40)18-20(2)24(19)8-16-43(41,42)37-13-10-28(11-14-37)26(39)35-25(36-28)22-5-3-21(4-6-22)7-9-29(31,32)33/h8,16-18,21-22H,3-7,9-15H2,1-2H3,(H2,34,40)(H,35,36,39). The molecule has 43 heavy (non-hydrogen) atoms. The summed E-state index contributed by atoms with van der Waals surface area (Å²) in [5, 5.41) is 4.01. The van der Waals surface area contributed by atoms with E-state index >= 15 is 0 Å². The highest BCUT2D eigenvalue weighted by atomic mass is 32.2. The maximum absolute atomic E-state index is 13.2. The highest BCUT2D eigenvalue weighted by Crippen LogP contribution is 2.38. The molecule has 2 fully saturated rings. The normalized spacial score (nSPS) is 23.0. The lowest BCUT2D eigenvalue weighted by Crippen LogP contribution is -2.50. The van der Waals surface area contributed by atoms with E-state index in [4.69, 9.17) is 10.7 Å². The van der Waals surface area contributed by atoms with Gasteiger partial charge in [0.05, 0.1) is 6.54 Å². The highest BCUT2D eigenvalue weighted by Gasteiger charge is 2.48. The zero-order valence-electron chi connectivity index (χ0n) is 24.4. The van der Waals surface area contributed by atoms with E-state index in [1.165, 1.54) is 10.4 Å². The van der Waals surface area contributed by atoms with Gasteiger partial charge in [0.15, 0.2) is 0 Å². The molecule has 14 heteroatoms. The van der Waals surface area contributed by atoms with Gasteiger partial charge in [-0.3, -0.25) is 14.7 Å². The minimum absolute atomic E-state index is 0.0138. The van der Waals surface area contributed by atoms with Crippen LogP contribution in [0.25, 0.3) is 6.08 Å². The number of hydrogen-bond acceptors (Lipinski definition) is 5. The van der Waals surface area contributed by atoms with Gasteiger partial charge in [0.25, 0.3) is 5.91 Å². The number of nitrogens with two attached hydrogens (primary N) is 1. The van der Waals surface area contributed by atoms with Gasteiger partial charge in [-0.25, -0.2) is 17.6 Å². The van der Waals surface area contributed by atoms with Crippen LogP contribution in [0.3, 0.4) is 0 Å². The number of benzene rings is 1. The van der Waals surface area contributed by atoms with Crippen molar-refractivity contribution in [2.75, 3.05) is 31.2 Å². The summed E-state index contributed by atoms with van der Waals surface area (Å²) in [7, 11) is -3.83. The third-order valence-electron chi connectivity index (χ3n) is 8.85. The molecule has 1 saturated heterocycles. The van der Waals surface area contributed by atoms with Crippen molar-refractivity contribution in [3.8, 4) is 0 Å². The summed E-state index contributed by atoms with van der Waals surface area (Å²) < 4.78 is 78.3. The quantitative estimate of drug-likeness (QED) is 0.374. The molecule has 0 aromatic heterocycles. The molecule has 3 N–H and O–H groups in total. The van der Waals surface area contributed by atoms with E-state index in [0.717, 1.165) is 10.3 Å². The summed E-state index contributed by atoms with van der Waals surface area (Å²) in [6, 6.07) is 2.51. The number of carbonyl (C=O) groups is 2. The van der Waals surface area contributed by atoms with Crippen molar-refractivity contribution in [1.82, 2.24) is 9.62 Å². The van der Waals surface area contributed by atoms with Crippen molar-refractivity contribution >= 4 is 39.6 Å². The smallest absolute Gasteiger partial charge is 0.351 e. The van der Waals surface area contributed by atoms with E-state index < -0.39 is 40.9 Å². The van der Waals surface area contributed by atoms with Gasteiger partial charge in [-0.2, -0.15) is 17.5 Å². The van der Waals surface area contributed by atoms with E-state index in [-0.39, 0.29) is 56.6 Å². The second-order valence-electron chi connectivity index (χ2n) is 11.8. The predicted octanol–water partition coefficient (Wildman–Crippen LogP) is 4.97. The fraction of sp³-hybridized carbons (Fsp3) is 0.621. The van der Waals surface area contributed by atoms with Crippen LogP contribution in [-0.2, 0) is 14.8 Å². The highest BCUT2D eigenvalue weighted by molar-refractivity contribution is 7.92. The molecular formula is C29H39F4N5O4S. The monoisotopic (exact) mass is 629 g/mol. The van der Waals surface area contributed by atoms with E-state index in [0.29, 0.717) is 53.9 Å². The zero-order valence-corrected chi connectivity index (χ0v) is 25.2. The Labute approximate surface area is 249 Å². The molecule has 1 aromatic rings. The lowest BCUT2D eigenvalue weighted by molar-refractivity contribution is -0.138. The predicted molar refractivity (Wildman–Crippen MR) is 157 cm³/mol. The molecule has 0 atom stereocenters. The van der Waals surface area contributed by atoms with Crippen LogP contribution in [0.15, 0.2) is 22.5 Å². The summed E-state index contributed by atoms with van der Waals surface area (Å²) in [6.45, 7) is 2.77. The number of halogens is 4. The number of urea groups is 1. The number of sulfonamides is 1. The van der Waals surface area contributed by atoms with Crippen LogP contribution in [-0.4, -0.2) is 68.5 Å². The van der Waals surface area contributed by atoms with Crippen molar-refractivity contribution in [3.63, 3.8) is 0 Å². The van der Waals surface area contributed by atoms with Gasteiger partial charge in [-0.1, -0.05) is 0 Å². The zero-order chi connectivity index (χ0) is 31.6. The van der Waals surface area contributed by atoms with Crippen molar-refractivity contribution in [3.05, 3.63) is 34.2 Å². The molecule has 2 heterocycles. The van der Waals surface area contributed by atoms with Gasteiger partial charge in [0.1, 0.15) is 18.0 Å². The lowest BCUT2D eigenvalue weighted by atomic mass is 9.79. The second kappa shape index (κ2) is 12.9. The molecular weight excluding hydrogens is 590 g/mol. The van der Waals surface area contributed by atoms with Crippen molar-refractivity contribution in [2.24, 2.45) is 22.6 Å². The number of rotatable bonds is 9. The average molecular weight is 630 g/mol. The van der Waals surface area contributed by atoms with Crippen molar-refractivity contribution in [1.29, 1.82) is 0 Å². The van der Waals surface area contributed by atoms with Gasteiger partial charge >= 0.3 is 12.2 Å². The topological polar surface area (TPSA) is 125 Å². The van der Waals surface area contributed by atoms with E-state index in [1.54, 1.807) is 26.0 Å². The molecule has 9 nitrogen and oxygen atoms in total. The molecule has 2 aliphatic heterocycles. The number of aliphatic imine (C=N–C) groups is 1. The summed E-state index contributed by atoms with van der Waals surface area (Å²) in [5.41, 5.74) is 6.77. The number of amidine groups is 1. The van der Waals surface area contributed by atoms with E-state index in [9.17, 15) is 35.6 Å². The number of piperidine rings is 1. The summed E-state index contributed by atoms with van der Waals surface area (Å²) in [4.78, 5) is 30.6. The molecule has 3 aliphatic rings. The Balaban J connectivity index is 1.38. The minimum atomic E-state index is -4.15. The van der Waals surface area contributed by atoms with Crippen LogP contribution < -0.4 is 16.0 Å². The number of amides is 3. The lowest BCUT2D eigenvalue weighted by Gasteiger charge is -2.34. The number of nitrogens with one attached hydrogen (secondary N) is 1. The molecule has 4 rings (SSSR count). The van der Waals surface area contributed by atoms with Crippen molar-refractivity contribution < 1.29 is 35.6 Å². The Morgan fingerprint density at radius 2 is 1.77 bits per heavy atom. The van der Waals surface area contributed by atoms with Gasteiger partial charge in [0, 0.05) is 36.5 Å². The summed E-state index contributed by atoms with van der Waals surface area (Å²) in [5.74, 6) is 0.326. The SMILES string of the molecule is Cc1cc(N(CCF)C(N)=O)cc(C)c1C=CS(=O)(=O)N1CCC2(CC1)N=C(C1CCC(CCC(F)(F)F)CC1)NC2=O. The summed E-state index contributed by atoms with van der Waals surface area (Å²) in [6.07, 6.45) is -0.229. The number of alkyl halides is 4. The molecule has 1 aromatic carbocycles. The third-order valence-corrected chi connectivity index (χ3v) is 10.4. The van der Waals surface area contributed by atoms with Crippen LogP contribution in [0.5, 0.6) is 0 Å². The van der Waals surface area contributed by atoms with Crippen LogP contribution in [0.2, 0.25) is 0 Å². The number of aryl methyl sites for hydroxylation is 2. The van der Waals surface area contributed by atoms with Crippen LogP contribution in [0.1, 0.15) is 68.1 Å². The first-order chi connectivity index (χ1) is 20.1. The van der Waals surface area contributed by atoms with Gasteiger partial charge in [-0.15, -0.1) is 0 Å². The van der Waals surface area contributed by atoms with E-state index in [1.807, 2.05) is 0 Å². The molecule has 0 bridgehead atoms. The number of nitrogens with zero attached hydrogens (tertiary/aromatic N) is 3. The van der Waals surface area contributed by atoms with Gasteiger partial charge in [-0.05, 0) is 99.6 Å².